The van der Waals surface area contributed by atoms with Crippen molar-refractivity contribution in [1.82, 2.24) is 4.90 Å². The Labute approximate surface area is 80.7 Å². The molecular formula is C9H19NOS. The van der Waals surface area contributed by atoms with Gasteiger partial charge in [-0.2, -0.15) is 12.6 Å². The molecule has 0 bridgehead atoms. The van der Waals surface area contributed by atoms with Crippen molar-refractivity contribution in [3.63, 3.8) is 0 Å². The van der Waals surface area contributed by atoms with Gasteiger partial charge in [0.25, 0.3) is 0 Å². The standard InChI is InChI=1S/C9H19NOS/c12-9-2-1-4-10-5-3-7-11-8-6-10/h12H,1-9H2. The number of hydrogen-bond donors (Lipinski definition) is 1. The lowest BCUT2D eigenvalue weighted by Crippen LogP contribution is -2.27. The molecular weight excluding hydrogens is 170 g/mol. The average molecular weight is 189 g/mol. The van der Waals surface area contributed by atoms with E-state index in [2.05, 4.69) is 17.5 Å². The number of ether oxygens (including phenoxy) is 1. The van der Waals surface area contributed by atoms with Crippen molar-refractivity contribution in [3.8, 4) is 0 Å². The van der Waals surface area contributed by atoms with Crippen LogP contribution in [0.1, 0.15) is 19.3 Å². The van der Waals surface area contributed by atoms with Crippen LogP contribution in [0.15, 0.2) is 0 Å². The predicted octanol–water partition coefficient (Wildman–Crippen LogP) is 1.42. The van der Waals surface area contributed by atoms with Crippen LogP contribution in [0.3, 0.4) is 0 Å². The van der Waals surface area contributed by atoms with Gasteiger partial charge in [0.2, 0.25) is 0 Å². The summed E-state index contributed by atoms with van der Waals surface area (Å²) in [6, 6.07) is 0. The molecule has 0 amide bonds. The highest BCUT2D eigenvalue weighted by Gasteiger charge is 2.07. The Hall–Kier alpha value is 0.270. The molecule has 0 aliphatic carbocycles. The molecule has 1 aliphatic heterocycles. The number of unbranched alkanes of at least 4 members (excludes halogenated alkanes) is 1. The molecule has 1 fully saturated rings. The van der Waals surface area contributed by atoms with Gasteiger partial charge in [0, 0.05) is 19.7 Å². The highest BCUT2D eigenvalue weighted by molar-refractivity contribution is 7.80. The van der Waals surface area contributed by atoms with E-state index < -0.39 is 0 Å². The number of hydrogen-bond acceptors (Lipinski definition) is 3. The third-order valence-electron chi connectivity index (χ3n) is 2.20. The zero-order valence-electron chi connectivity index (χ0n) is 7.67. The lowest BCUT2D eigenvalue weighted by molar-refractivity contribution is 0.141. The summed E-state index contributed by atoms with van der Waals surface area (Å²) < 4.78 is 5.37. The fourth-order valence-corrected chi connectivity index (χ4v) is 1.69. The fourth-order valence-electron chi connectivity index (χ4n) is 1.47. The second-order valence-corrected chi connectivity index (χ2v) is 3.69. The van der Waals surface area contributed by atoms with Gasteiger partial charge in [0.05, 0.1) is 6.61 Å². The van der Waals surface area contributed by atoms with Crippen LogP contribution in [0.2, 0.25) is 0 Å². The minimum absolute atomic E-state index is 0.918. The third-order valence-corrected chi connectivity index (χ3v) is 2.51. The summed E-state index contributed by atoms with van der Waals surface area (Å²) in [4.78, 5) is 2.50. The maximum absolute atomic E-state index is 5.37. The number of nitrogens with zero attached hydrogens (tertiary/aromatic N) is 1. The van der Waals surface area contributed by atoms with Crippen LogP contribution < -0.4 is 0 Å². The van der Waals surface area contributed by atoms with Crippen LogP contribution in [-0.2, 0) is 4.74 Å². The largest absolute Gasteiger partial charge is 0.380 e. The van der Waals surface area contributed by atoms with Crippen LogP contribution in [0, 0.1) is 0 Å². The molecule has 0 radical (unpaired) electrons. The minimum Gasteiger partial charge on any atom is -0.380 e. The van der Waals surface area contributed by atoms with Gasteiger partial charge in [-0.15, -0.1) is 0 Å². The first-order chi connectivity index (χ1) is 5.93. The average Bonchev–Trinajstić information content (AvgIpc) is 2.33. The maximum Gasteiger partial charge on any atom is 0.0593 e. The Morgan fingerprint density at radius 1 is 1.17 bits per heavy atom. The van der Waals surface area contributed by atoms with Gasteiger partial charge in [-0.05, 0) is 31.6 Å². The van der Waals surface area contributed by atoms with Gasteiger partial charge < -0.3 is 9.64 Å². The van der Waals surface area contributed by atoms with E-state index in [1.807, 2.05) is 0 Å². The van der Waals surface area contributed by atoms with Gasteiger partial charge >= 0.3 is 0 Å². The minimum atomic E-state index is 0.918. The van der Waals surface area contributed by atoms with E-state index in [4.69, 9.17) is 4.74 Å². The molecule has 0 aromatic rings. The molecule has 2 nitrogen and oxygen atoms in total. The Morgan fingerprint density at radius 3 is 2.92 bits per heavy atom. The predicted molar refractivity (Wildman–Crippen MR) is 55.0 cm³/mol. The molecule has 0 aromatic heterocycles. The van der Waals surface area contributed by atoms with Crippen LogP contribution in [-0.4, -0.2) is 43.5 Å². The van der Waals surface area contributed by atoms with E-state index in [9.17, 15) is 0 Å². The molecule has 1 saturated heterocycles. The van der Waals surface area contributed by atoms with Gasteiger partial charge in [-0.3, -0.25) is 0 Å². The highest BCUT2D eigenvalue weighted by Crippen LogP contribution is 2.01. The molecule has 1 rings (SSSR count). The second-order valence-electron chi connectivity index (χ2n) is 3.24. The van der Waals surface area contributed by atoms with E-state index in [-0.39, 0.29) is 0 Å². The molecule has 1 aliphatic rings. The lowest BCUT2D eigenvalue weighted by Gasteiger charge is -2.18. The van der Waals surface area contributed by atoms with Crippen molar-refractivity contribution in [2.45, 2.75) is 19.3 Å². The Balaban J connectivity index is 2.04. The number of rotatable bonds is 4. The molecule has 0 unspecified atom stereocenters. The van der Waals surface area contributed by atoms with Crippen LogP contribution in [0.25, 0.3) is 0 Å². The summed E-state index contributed by atoms with van der Waals surface area (Å²) in [7, 11) is 0. The molecule has 12 heavy (non-hydrogen) atoms. The molecule has 3 heteroatoms. The molecule has 0 atom stereocenters. The number of thiol groups is 1. The molecule has 0 spiro atoms. The first kappa shape index (κ1) is 10.4. The van der Waals surface area contributed by atoms with Crippen molar-refractivity contribution >= 4 is 12.6 Å². The summed E-state index contributed by atoms with van der Waals surface area (Å²) in [5.41, 5.74) is 0. The smallest absolute Gasteiger partial charge is 0.0593 e. The molecule has 0 aromatic carbocycles. The Kier molecular flexibility index (Phi) is 5.82. The van der Waals surface area contributed by atoms with Crippen molar-refractivity contribution in [2.75, 3.05) is 38.6 Å². The van der Waals surface area contributed by atoms with E-state index in [1.165, 1.54) is 32.4 Å². The van der Waals surface area contributed by atoms with E-state index in [1.54, 1.807) is 0 Å². The van der Waals surface area contributed by atoms with Crippen molar-refractivity contribution in [3.05, 3.63) is 0 Å². The second kappa shape index (κ2) is 6.75. The highest BCUT2D eigenvalue weighted by atomic mass is 32.1. The summed E-state index contributed by atoms with van der Waals surface area (Å²) in [5, 5.41) is 0. The zero-order valence-corrected chi connectivity index (χ0v) is 8.56. The van der Waals surface area contributed by atoms with Crippen LogP contribution >= 0.6 is 12.6 Å². The summed E-state index contributed by atoms with van der Waals surface area (Å²) in [6.45, 7) is 5.42. The van der Waals surface area contributed by atoms with Crippen molar-refractivity contribution < 1.29 is 4.74 Å². The van der Waals surface area contributed by atoms with Gasteiger partial charge in [-0.25, -0.2) is 0 Å². The monoisotopic (exact) mass is 189 g/mol. The summed E-state index contributed by atoms with van der Waals surface area (Å²) in [5.74, 6) is 1.02. The Morgan fingerprint density at radius 2 is 2.08 bits per heavy atom. The SMILES string of the molecule is SCCCCN1CCCOCC1. The first-order valence-electron chi connectivity index (χ1n) is 4.84. The zero-order chi connectivity index (χ0) is 8.65. The van der Waals surface area contributed by atoms with E-state index >= 15 is 0 Å². The van der Waals surface area contributed by atoms with Gasteiger partial charge in [0.15, 0.2) is 0 Å². The molecule has 72 valence electrons. The van der Waals surface area contributed by atoms with Crippen LogP contribution in [0.4, 0.5) is 0 Å². The van der Waals surface area contributed by atoms with Gasteiger partial charge in [0.1, 0.15) is 0 Å². The van der Waals surface area contributed by atoms with E-state index in [0.717, 1.165) is 25.5 Å². The lowest BCUT2D eigenvalue weighted by atomic mass is 10.3. The Bertz CT molecular complexity index is 103. The van der Waals surface area contributed by atoms with Gasteiger partial charge in [-0.1, -0.05) is 0 Å². The summed E-state index contributed by atoms with van der Waals surface area (Å²) in [6.07, 6.45) is 3.71. The van der Waals surface area contributed by atoms with Crippen molar-refractivity contribution in [1.29, 1.82) is 0 Å². The fraction of sp³-hybridized carbons (Fsp3) is 1.00. The molecule has 0 saturated carbocycles. The topological polar surface area (TPSA) is 12.5 Å². The quantitative estimate of drug-likeness (QED) is 0.530. The first-order valence-corrected chi connectivity index (χ1v) is 5.47. The molecule has 1 heterocycles. The normalized spacial score (nSPS) is 20.8. The maximum atomic E-state index is 5.37. The summed E-state index contributed by atoms with van der Waals surface area (Å²) >= 11 is 4.20. The van der Waals surface area contributed by atoms with Crippen LogP contribution in [0.5, 0.6) is 0 Å². The van der Waals surface area contributed by atoms with E-state index in [0.29, 0.717) is 0 Å². The third kappa shape index (κ3) is 4.33. The van der Waals surface area contributed by atoms with Crippen molar-refractivity contribution in [2.24, 2.45) is 0 Å². The molecule has 0 N–H and O–H groups in total.